The normalized spacial score (nSPS) is 29.1. The summed E-state index contributed by atoms with van der Waals surface area (Å²) in [6, 6.07) is 0.903. The summed E-state index contributed by atoms with van der Waals surface area (Å²) in [6.07, 6.45) is 32.3. The van der Waals surface area contributed by atoms with E-state index in [-0.39, 0.29) is 0 Å². The number of allylic oxidation sites excluding steroid dienone is 2. The molecule has 2 rings (SSSR count). The Hall–Kier alpha value is -0.300. The van der Waals surface area contributed by atoms with E-state index in [4.69, 9.17) is 0 Å². The number of nitrogens with zero attached hydrogens (tertiary/aromatic N) is 1. The molecule has 0 saturated carbocycles. The molecule has 0 N–H and O–H groups in total. The molecule has 2 unspecified atom stereocenters. The fourth-order valence-electron chi connectivity index (χ4n) is 5.38. The van der Waals surface area contributed by atoms with Crippen molar-refractivity contribution in [2.45, 2.75) is 135 Å². The van der Waals surface area contributed by atoms with Crippen molar-refractivity contribution in [1.29, 1.82) is 0 Å². The summed E-state index contributed by atoms with van der Waals surface area (Å²) < 4.78 is 0. The second-order valence-electron chi connectivity index (χ2n) is 9.44. The number of rotatable bonds is 3. The van der Waals surface area contributed by atoms with Gasteiger partial charge in [0, 0.05) is 6.04 Å². The van der Waals surface area contributed by atoms with Gasteiger partial charge in [0.05, 0.1) is 0 Å². The fraction of sp³-hybridized carbons (Fsp3) is 0.923. The lowest BCUT2D eigenvalue weighted by Crippen LogP contribution is -2.32. The van der Waals surface area contributed by atoms with Gasteiger partial charge in [0.15, 0.2) is 0 Å². The Bertz CT molecular complexity index is 355. The van der Waals surface area contributed by atoms with Crippen LogP contribution in [-0.4, -0.2) is 24.0 Å². The molecule has 1 saturated heterocycles. The average molecular weight is 376 g/mol. The topological polar surface area (TPSA) is 3.24 Å². The van der Waals surface area contributed by atoms with Gasteiger partial charge in [-0.2, -0.15) is 0 Å². The van der Waals surface area contributed by atoms with Crippen LogP contribution in [0.15, 0.2) is 12.2 Å². The molecule has 1 heterocycles. The quantitative estimate of drug-likeness (QED) is 0.448. The summed E-state index contributed by atoms with van der Waals surface area (Å²) >= 11 is 0. The van der Waals surface area contributed by atoms with Crippen LogP contribution in [0.4, 0.5) is 0 Å². The SMILES string of the molecule is CCCC1CCCCCC=CCCCCCCCC(N2CCCC2)CCC1. The minimum Gasteiger partial charge on any atom is -0.300 e. The zero-order valence-electron chi connectivity index (χ0n) is 18.6. The van der Waals surface area contributed by atoms with E-state index in [9.17, 15) is 0 Å². The lowest BCUT2D eigenvalue weighted by molar-refractivity contribution is 0.205. The lowest BCUT2D eigenvalue weighted by Gasteiger charge is -2.28. The smallest absolute Gasteiger partial charge is 0.00952 e. The monoisotopic (exact) mass is 375 g/mol. The van der Waals surface area contributed by atoms with Crippen LogP contribution in [-0.2, 0) is 0 Å². The van der Waals surface area contributed by atoms with Gasteiger partial charge in [0.2, 0.25) is 0 Å². The van der Waals surface area contributed by atoms with Gasteiger partial charge in [0.25, 0.3) is 0 Å². The van der Waals surface area contributed by atoms with E-state index in [1.165, 1.54) is 135 Å². The van der Waals surface area contributed by atoms with Gasteiger partial charge < -0.3 is 4.90 Å². The van der Waals surface area contributed by atoms with Crippen LogP contribution in [0.5, 0.6) is 0 Å². The number of likely N-dealkylation sites (tertiary alicyclic amines) is 1. The van der Waals surface area contributed by atoms with Crippen molar-refractivity contribution in [3.63, 3.8) is 0 Å². The third-order valence-corrected chi connectivity index (χ3v) is 7.06. The van der Waals surface area contributed by atoms with Crippen LogP contribution in [0.1, 0.15) is 129 Å². The molecule has 0 radical (unpaired) electrons. The fourth-order valence-corrected chi connectivity index (χ4v) is 5.38. The molecule has 0 aromatic rings. The summed E-state index contributed by atoms with van der Waals surface area (Å²) in [7, 11) is 0. The molecule has 0 amide bonds. The molecule has 0 spiro atoms. The minimum absolute atomic E-state index is 0.903. The Kier molecular flexibility index (Phi) is 13.3. The number of hydrogen-bond donors (Lipinski definition) is 0. The third-order valence-electron chi connectivity index (χ3n) is 7.06. The predicted octanol–water partition coefficient (Wildman–Crippen LogP) is 8.29. The highest BCUT2D eigenvalue weighted by Crippen LogP contribution is 2.26. The molecule has 2 atom stereocenters. The molecule has 0 bridgehead atoms. The molecule has 1 fully saturated rings. The maximum Gasteiger partial charge on any atom is 0.00952 e. The standard InChI is InChI=1S/C26H49N/c1-2-18-25-19-13-11-9-7-5-3-4-6-8-10-12-14-21-26(22-17-20-25)27-23-15-16-24-27/h3,5,25-26H,2,4,6-24H2,1H3. The highest BCUT2D eigenvalue weighted by Gasteiger charge is 2.21. The first kappa shape index (κ1) is 23.0. The van der Waals surface area contributed by atoms with Crippen molar-refractivity contribution in [2.75, 3.05) is 13.1 Å². The van der Waals surface area contributed by atoms with E-state index in [2.05, 4.69) is 24.0 Å². The maximum atomic E-state index is 2.85. The lowest BCUT2D eigenvalue weighted by atomic mass is 9.89. The van der Waals surface area contributed by atoms with E-state index in [0.717, 1.165) is 12.0 Å². The van der Waals surface area contributed by atoms with Crippen LogP contribution in [0.3, 0.4) is 0 Å². The van der Waals surface area contributed by atoms with E-state index in [1.807, 2.05) is 0 Å². The van der Waals surface area contributed by atoms with Gasteiger partial charge in [-0.15, -0.1) is 0 Å². The first-order valence-electron chi connectivity index (χ1n) is 12.8. The maximum absolute atomic E-state index is 2.85. The highest BCUT2D eigenvalue weighted by atomic mass is 15.2. The van der Waals surface area contributed by atoms with Gasteiger partial charge in [0.1, 0.15) is 0 Å². The molecule has 0 aromatic carbocycles. The second-order valence-corrected chi connectivity index (χ2v) is 9.44. The average Bonchev–Trinajstić information content (AvgIpc) is 3.20. The van der Waals surface area contributed by atoms with Crippen molar-refractivity contribution in [3.05, 3.63) is 12.2 Å². The molecule has 158 valence electrons. The molecule has 1 heteroatoms. The van der Waals surface area contributed by atoms with Crippen LogP contribution in [0, 0.1) is 5.92 Å². The van der Waals surface area contributed by atoms with Crippen LogP contribution < -0.4 is 0 Å². The van der Waals surface area contributed by atoms with Crippen molar-refractivity contribution in [1.82, 2.24) is 4.90 Å². The Balaban J connectivity index is 1.81. The summed E-state index contributed by atoms with van der Waals surface area (Å²) in [5.41, 5.74) is 0. The first-order chi connectivity index (χ1) is 13.4. The molecular formula is C26H49N. The van der Waals surface area contributed by atoms with Crippen LogP contribution in [0.25, 0.3) is 0 Å². The minimum atomic E-state index is 0.903. The molecule has 2 aliphatic rings. The van der Waals surface area contributed by atoms with E-state index in [0.29, 0.717) is 0 Å². The summed E-state index contributed by atoms with van der Waals surface area (Å²) in [4.78, 5) is 2.85. The Labute approximate surface area is 171 Å². The zero-order valence-corrected chi connectivity index (χ0v) is 18.6. The van der Waals surface area contributed by atoms with Crippen LogP contribution >= 0.6 is 0 Å². The highest BCUT2D eigenvalue weighted by molar-refractivity contribution is 4.81. The Morgan fingerprint density at radius 2 is 1.19 bits per heavy atom. The van der Waals surface area contributed by atoms with Crippen molar-refractivity contribution in [3.8, 4) is 0 Å². The van der Waals surface area contributed by atoms with Gasteiger partial charge in [-0.05, 0) is 70.4 Å². The zero-order chi connectivity index (χ0) is 19.0. The molecule has 1 aliphatic carbocycles. The molecular weight excluding hydrogens is 326 g/mol. The van der Waals surface area contributed by atoms with Crippen molar-refractivity contribution in [2.24, 2.45) is 5.92 Å². The van der Waals surface area contributed by atoms with E-state index < -0.39 is 0 Å². The largest absolute Gasteiger partial charge is 0.300 e. The Morgan fingerprint density at radius 1 is 0.630 bits per heavy atom. The van der Waals surface area contributed by atoms with E-state index >= 15 is 0 Å². The summed E-state index contributed by atoms with van der Waals surface area (Å²) in [5, 5.41) is 0. The summed E-state index contributed by atoms with van der Waals surface area (Å²) in [5.74, 6) is 1.01. The molecule has 1 nitrogen and oxygen atoms in total. The number of hydrogen-bond acceptors (Lipinski definition) is 1. The predicted molar refractivity (Wildman–Crippen MR) is 121 cm³/mol. The van der Waals surface area contributed by atoms with Gasteiger partial charge in [-0.1, -0.05) is 89.7 Å². The second kappa shape index (κ2) is 15.6. The third kappa shape index (κ3) is 10.7. The van der Waals surface area contributed by atoms with Gasteiger partial charge in [-0.25, -0.2) is 0 Å². The molecule has 0 aromatic heterocycles. The first-order valence-corrected chi connectivity index (χ1v) is 12.8. The van der Waals surface area contributed by atoms with E-state index in [1.54, 1.807) is 0 Å². The van der Waals surface area contributed by atoms with Gasteiger partial charge in [-0.3, -0.25) is 0 Å². The van der Waals surface area contributed by atoms with Gasteiger partial charge >= 0.3 is 0 Å². The van der Waals surface area contributed by atoms with Crippen LogP contribution in [0.2, 0.25) is 0 Å². The molecule has 1 aliphatic heterocycles. The Morgan fingerprint density at radius 3 is 1.93 bits per heavy atom. The van der Waals surface area contributed by atoms with Crippen molar-refractivity contribution >= 4 is 0 Å². The summed E-state index contributed by atoms with van der Waals surface area (Å²) in [6.45, 7) is 5.15. The van der Waals surface area contributed by atoms with Crippen molar-refractivity contribution < 1.29 is 0 Å². The molecule has 27 heavy (non-hydrogen) atoms.